The van der Waals surface area contributed by atoms with E-state index in [0.29, 0.717) is 0 Å². The number of aliphatic hydroxyl groups excluding tert-OH is 1. The van der Waals surface area contributed by atoms with Crippen LogP contribution in [0.1, 0.15) is 17.4 Å². The lowest BCUT2D eigenvalue weighted by molar-refractivity contribution is 0.201. The van der Waals surface area contributed by atoms with Gasteiger partial charge < -0.3 is 5.11 Å². The molecule has 11 heavy (non-hydrogen) atoms. The van der Waals surface area contributed by atoms with E-state index in [-0.39, 0.29) is 6.10 Å². The first-order valence-corrected chi connectivity index (χ1v) is 4.73. The second-order valence-electron chi connectivity index (χ2n) is 2.57. The van der Waals surface area contributed by atoms with Crippen LogP contribution >= 0.6 is 11.8 Å². The third-order valence-electron chi connectivity index (χ3n) is 1.80. The molecule has 58 valence electrons. The monoisotopic (exact) mass is 167 g/mol. The van der Waals surface area contributed by atoms with Gasteiger partial charge in [0.25, 0.3) is 0 Å². The number of rotatable bonds is 0. The lowest BCUT2D eigenvalue weighted by Gasteiger charge is -2.18. The van der Waals surface area contributed by atoms with Crippen molar-refractivity contribution in [2.75, 3.05) is 5.75 Å². The first-order chi connectivity index (χ1) is 5.38. The highest BCUT2D eigenvalue weighted by atomic mass is 32.2. The van der Waals surface area contributed by atoms with Crippen LogP contribution in [-0.4, -0.2) is 15.8 Å². The van der Waals surface area contributed by atoms with Crippen molar-refractivity contribution in [3.8, 4) is 0 Å². The molecule has 2 heterocycles. The zero-order chi connectivity index (χ0) is 7.68. The second kappa shape index (κ2) is 2.83. The van der Waals surface area contributed by atoms with Crippen molar-refractivity contribution < 1.29 is 5.11 Å². The molecular formula is C8H9NOS. The molecule has 0 bridgehead atoms. The molecule has 0 radical (unpaired) electrons. The highest BCUT2D eigenvalue weighted by Crippen LogP contribution is 2.29. The van der Waals surface area contributed by atoms with Crippen LogP contribution in [0.15, 0.2) is 18.3 Å². The summed E-state index contributed by atoms with van der Waals surface area (Å²) < 4.78 is 0. The summed E-state index contributed by atoms with van der Waals surface area (Å²) in [4.78, 5) is 4.19. The van der Waals surface area contributed by atoms with Gasteiger partial charge in [-0.15, -0.1) is 0 Å². The number of hydrogen-bond donors (Lipinski definition) is 1. The zero-order valence-electron chi connectivity index (χ0n) is 6.03. The Labute approximate surface area is 69.7 Å². The molecule has 3 heteroatoms. The van der Waals surface area contributed by atoms with Gasteiger partial charge in [0.1, 0.15) is 0 Å². The molecule has 0 fully saturated rings. The molecule has 2 rings (SSSR count). The van der Waals surface area contributed by atoms with Crippen LogP contribution in [0.3, 0.4) is 0 Å². The Hall–Kier alpha value is -0.540. The molecule has 0 saturated carbocycles. The molecule has 1 aliphatic heterocycles. The summed E-state index contributed by atoms with van der Waals surface area (Å²) in [5.41, 5.74) is 2.04. The smallest absolute Gasteiger partial charge is 0.0898 e. The Morgan fingerprint density at radius 3 is 3.36 bits per heavy atom. The summed E-state index contributed by atoms with van der Waals surface area (Å²) in [6, 6.07) is 3.82. The van der Waals surface area contributed by atoms with Gasteiger partial charge in [0.2, 0.25) is 0 Å². The second-order valence-corrected chi connectivity index (χ2v) is 3.60. The maximum absolute atomic E-state index is 9.50. The van der Waals surface area contributed by atoms with Crippen molar-refractivity contribution in [2.45, 2.75) is 11.9 Å². The van der Waals surface area contributed by atoms with Crippen LogP contribution in [0.25, 0.3) is 0 Å². The van der Waals surface area contributed by atoms with E-state index in [4.69, 9.17) is 0 Å². The minimum Gasteiger partial charge on any atom is -0.387 e. The molecule has 0 spiro atoms. The van der Waals surface area contributed by atoms with E-state index in [1.807, 2.05) is 12.1 Å². The van der Waals surface area contributed by atoms with E-state index in [2.05, 4.69) is 4.98 Å². The molecule has 1 aliphatic rings. The van der Waals surface area contributed by atoms with Crippen LogP contribution in [0.2, 0.25) is 0 Å². The standard InChI is InChI=1S/C8H9NOS/c10-8-5-11-4-7-6(8)2-1-3-9-7/h1-3,8,10H,4-5H2/t8-/m1/s1. The van der Waals surface area contributed by atoms with Gasteiger partial charge >= 0.3 is 0 Å². The summed E-state index contributed by atoms with van der Waals surface area (Å²) in [5.74, 6) is 1.74. The molecule has 2 nitrogen and oxygen atoms in total. The van der Waals surface area contributed by atoms with E-state index in [1.54, 1.807) is 18.0 Å². The maximum atomic E-state index is 9.50. The van der Waals surface area contributed by atoms with Crippen molar-refractivity contribution in [2.24, 2.45) is 0 Å². The van der Waals surface area contributed by atoms with Crippen molar-refractivity contribution in [3.05, 3.63) is 29.6 Å². The van der Waals surface area contributed by atoms with Crippen LogP contribution in [0, 0.1) is 0 Å². The fourth-order valence-corrected chi connectivity index (χ4v) is 2.19. The van der Waals surface area contributed by atoms with Crippen LogP contribution in [-0.2, 0) is 5.75 Å². The zero-order valence-corrected chi connectivity index (χ0v) is 6.84. The van der Waals surface area contributed by atoms with Crippen molar-refractivity contribution >= 4 is 11.8 Å². The molecule has 1 atom stereocenters. The van der Waals surface area contributed by atoms with Crippen LogP contribution in [0.4, 0.5) is 0 Å². The van der Waals surface area contributed by atoms with Gasteiger partial charge in [0.05, 0.1) is 11.8 Å². The number of thioether (sulfide) groups is 1. The Bertz CT molecular complexity index is 264. The Morgan fingerprint density at radius 1 is 1.64 bits per heavy atom. The van der Waals surface area contributed by atoms with Crippen LogP contribution < -0.4 is 0 Å². The molecular weight excluding hydrogens is 158 g/mol. The largest absolute Gasteiger partial charge is 0.387 e. The number of hydrogen-bond acceptors (Lipinski definition) is 3. The van der Waals surface area contributed by atoms with Gasteiger partial charge in [-0.3, -0.25) is 4.98 Å². The molecule has 0 aromatic carbocycles. The average molecular weight is 167 g/mol. The lowest BCUT2D eigenvalue weighted by atomic mass is 10.1. The molecule has 1 aromatic rings. The van der Waals surface area contributed by atoms with Crippen molar-refractivity contribution in [3.63, 3.8) is 0 Å². The summed E-state index contributed by atoms with van der Waals surface area (Å²) >= 11 is 1.73. The number of nitrogens with zero attached hydrogens (tertiary/aromatic N) is 1. The van der Waals surface area contributed by atoms with E-state index >= 15 is 0 Å². The van der Waals surface area contributed by atoms with Crippen LogP contribution in [0.5, 0.6) is 0 Å². The molecule has 0 amide bonds. The average Bonchev–Trinajstić information content (AvgIpc) is 2.06. The number of aromatic nitrogens is 1. The molecule has 0 unspecified atom stereocenters. The molecule has 0 saturated heterocycles. The van der Waals surface area contributed by atoms with E-state index < -0.39 is 0 Å². The minimum atomic E-state index is -0.308. The Kier molecular flexibility index (Phi) is 1.84. The minimum absolute atomic E-state index is 0.308. The third-order valence-corrected chi connectivity index (χ3v) is 2.83. The predicted molar refractivity (Wildman–Crippen MR) is 45.4 cm³/mol. The Morgan fingerprint density at radius 2 is 2.55 bits per heavy atom. The highest BCUT2D eigenvalue weighted by molar-refractivity contribution is 7.98. The normalized spacial score (nSPS) is 22.8. The fourth-order valence-electron chi connectivity index (χ4n) is 1.23. The van der Waals surface area contributed by atoms with Gasteiger partial charge in [-0.2, -0.15) is 11.8 Å². The predicted octanol–water partition coefficient (Wildman–Crippen LogP) is 1.36. The summed E-state index contributed by atoms with van der Waals surface area (Å²) in [6.07, 6.45) is 1.47. The van der Waals surface area contributed by atoms with Crippen molar-refractivity contribution in [1.29, 1.82) is 0 Å². The van der Waals surface area contributed by atoms with E-state index in [1.165, 1.54) is 0 Å². The van der Waals surface area contributed by atoms with Gasteiger partial charge in [0, 0.05) is 23.3 Å². The quantitative estimate of drug-likeness (QED) is 0.633. The van der Waals surface area contributed by atoms with Gasteiger partial charge in [0.15, 0.2) is 0 Å². The van der Waals surface area contributed by atoms with E-state index in [0.717, 1.165) is 22.8 Å². The summed E-state index contributed by atoms with van der Waals surface area (Å²) in [6.45, 7) is 0. The molecule has 1 aromatic heterocycles. The SMILES string of the molecule is O[C@@H]1CSCc2ncccc21. The first-order valence-electron chi connectivity index (χ1n) is 3.57. The topological polar surface area (TPSA) is 33.1 Å². The van der Waals surface area contributed by atoms with Crippen molar-refractivity contribution in [1.82, 2.24) is 4.98 Å². The molecule has 1 N–H and O–H groups in total. The number of fused-ring (bicyclic) bond motifs is 1. The number of aliphatic hydroxyl groups is 1. The van der Waals surface area contributed by atoms with Gasteiger partial charge in [-0.1, -0.05) is 6.07 Å². The van der Waals surface area contributed by atoms with Gasteiger partial charge in [-0.05, 0) is 6.07 Å². The summed E-state index contributed by atoms with van der Waals surface area (Å²) in [7, 11) is 0. The highest BCUT2D eigenvalue weighted by Gasteiger charge is 2.17. The first kappa shape index (κ1) is 7.13. The van der Waals surface area contributed by atoms with Gasteiger partial charge in [-0.25, -0.2) is 0 Å². The fraction of sp³-hybridized carbons (Fsp3) is 0.375. The third kappa shape index (κ3) is 1.26. The van der Waals surface area contributed by atoms with E-state index in [9.17, 15) is 5.11 Å². The molecule has 0 aliphatic carbocycles. The maximum Gasteiger partial charge on any atom is 0.0898 e. The number of pyridine rings is 1. The lowest BCUT2D eigenvalue weighted by Crippen LogP contribution is -2.10. The summed E-state index contributed by atoms with van der Waals surface area (Å²) in [5, 5.41) is 9.50. The Balaban J connectivity index is 2.44.